The number of carbonyl (C=O) groups excluding carboxylic acids is 1. The molecule has 0 saturated heterocycles. The third kappa shape index (κ3) is 2.75. The summed E-state index contributed by atoms with van der Waals surface area (Å²) < 4.78 is 1.75. The van der Waals surface area contributed by atoms with E-state index in [1.54, 1.807) is 10.9 Å². The third-order valence-electron chi connectivity index (χ3n) is 2.68. The molecule has 0 fully saturated rings. The first-order chi connectivity index (χ1) is 8.70. The first kappa shape index (κ1) is 12.3. The summed E-state index contributed by atoms with van der Waals surface area (Å²) in [5, 5.41) is 6.90. The molecule has 94 valence electrons. The number of nitrogens with two attached hydrogens (primary N) is 1. The molecule has 1 aromatic carbocycles. The average molecular weight is 244 g/mol. The van der Waals surface area contributed by atoms with E-state index in [0.29, 0.717) is 6.42 Å². The Hall–Kier alpha value is -2.14. The van der Waals surface area contributed by atoms with Crippen LogP contribution in [-0.2, 0) is 4.79 Å². The van der Waals surface area contributed by atoms with Gasteiger partial charge in [-0.05, 0) is 36.8 Å². The van der Waals surface area contributed by atoms with Crippen molar-refractivity contribution in [1.82, 2.24) is 9.78 Å². The zero-order valence-electron chi connectivity index (χ0n) is 10.2. The molecule has 1 atom stereocenters. The standard InChI is InChI=1S/C13H16N4O/c1-2-12(14)13(18)16-10-4-6-11(7-5-10)17-9-3-8-15-17/h3-9,12H,2,14H2,1H3,(H,16,18). The Balaban J connectivity index is 2.06. The molecule has 0 aliphatic rings. The molecule has 3 N–H and O–H groups in total. The van der Waals surface area contributed by atoms with E-state index in [2.05, 4.69) is 10.4 Å². The fraction of sp³-hybridized carbons (Fsp3) is 0.231. The Kier molecular flexibility index (Phi) is 3.74. The second-order valence-corrected chi connectivity index (χ2v) is 4.00. The fourth-order valence-electron chi connectivity index (χ4n) is 1.54. The third-order valence-corrected chi connectivity index (χ3v) is 2.68. The lowest BCUT2D eigenvalue weighted by Gasteiger charge is -2.10. The van der Waals surface area contributed by atoms with Gasteiger partial charge in [0.25, 0.3) is 0 Å². The smallest absolute Gasteiger partial charge is 0.241 e. The number of nitrogens with zero attached hydrogens (tertiary/aromatic N) is 2. The molecule has 0 aliphatic heterocycles. The van der Waals surface area contributed by atoms with Gasteiger partial charge in [-0.15, -0.1) is 0 Å². The molecule has 1 amide bonds. The van der Waals surface area contributed by atoms with Gasteiger partial charge in [-0.1, -0.05) is 6.92 Å². The van der Waals surface area contributed by atoms with Crippen molar-refractivity contribution in [2.45, 2.75) is 19.4 Å². The van der Waals surface area contributed by atoms with Crippen molar-refractivity contribution in [3.05, 3.63) is 42.7 Å². The highest BCUT2D eigenvalue weighted by Gasteiger charge is 2.10. The normalized spacial score (nSPS) is 12.1. The molecule has 0 saturated carbocycles. The van der Waals surface area contributed by atoms with Crippen LogP contribution in [0.5, 0.6) is 0 Å². The SMILES string of the molecule is CCC(N)C(=O)Nc1ccc(-n2cccn2)cc1. The molecule has 0 radical (unpaired) electrons. The van der Waals surface area contributed by atoms with Crippen LogP contribution in [0.3, 0.4) is 0 Å². The molecule has 2 rings (SSSR count). The van der Waals surface area contributed by atoms with Crippen LogP contribution in [0.25, 0.3) is 5.69 Å². The van der Waals surface area contributed by atoms with Gasteiger partial charge >= 0.3 is 0 Å². The highest BCUT2D eigenvalue weighted by molar-refractivity contribution is 5.94. The zero-order chi connectivity index (χ0) is 13.0. The van der Waals surface area contributed by atoms with E-state index in [1.807, 2.05) is 43.5 Å². The Morgan fingerprint density at radius 1 is 1.44 bits per heavy atom. The highest BCUT2D eigenvalue weighted by Crippen LogP contribution is 2.12. The van der Waals surface area contributed by atoms with Gasteiger partial charge in [-0.25, -0.2) is 4.68 Å². The van der Waals surface area contributed by atoms with Crippen molar-refractivity contribution in [3.8, 4) is 5.69 Å². The van der Waals surface area contributed by atoms with Gasteiger partial charge < -0.3 is 11.1 Å². The van der Waals surface area contributed by atoms with E-state index in [4.69, 9.17) is 5.73 Å². The van der Waals surface area contributed by atoms with Gasteiger partial charge in [0.1, 0.15) is 0 Å². The largest absolute Gasteiger partial charge is 0.325 e. The first-order valence-electron chi connectivity index (χ1n) is 5.87. The number of carbonyl (C=O) groups is 1. The summed E-state index contributed by atoms with van der Waals surface area (Å²) in [5.41, 5.74) is 7.32. The Morgan fingerprint density at radius 3 is 2.72 bits per heavy atom. The molecule has 0 aliphatic carbocycles. The fourth-order valence-corrected chi connectivity index (χ4v) is 1.54. The summed E-state index contributed by atoms with van der Waals surface area (Å²) >= 11 is 0. The van der Waals surface area contributed by atoms with Gasteiger partial charge in [0.15, 0.2) is 0 Å². The van der Waals surface area contributed by atoms with E-state index >= 15 is 0 Å². The van der Waals surface area contributed by atoms with Crippen molar-refractivity contribution in [1.29, 1.82) is 0 Å². The van der Waals surface area contributed by atoms with Crippen molar-refractivity contribution in [3.63, 3.8) is 0 Å². The van der Waals surface area contributed by atoms with Gasteiger partial charge in [-0.2, -0.15) is 5.10 Å². The zero-order valence-corrected chi connectivity index (χ0v) is 10.2. The number of benzene rings is 1. The van der Waals surface area contributed by atoms with Crippen LogP contribution >= 0.6 is 0 Å². The van der Waals surface area contributed by atoms with Crippen LogP contribution in [0, 0.1) is 0 Å². The van der Waals surface area contributed by atoms with E-state index in [0.717, 1.165) is 11.4 Å². The van der Waals surface area contributed by atoms with Crippen LogP contribution < -0.4 is 11.1 Å². The van der Waals surface area contributed by atoms with Gasteiger partial charge in [0.2, 0.25) is 5.91 Å². The number of anilines is 1. The van der Waals surface area contributed by atoms with Crippen LogP contribution in [-0.4, -0.2) is 21.7 Å². The molecule has 1 unspecified atom stereocenters. The maximum absolute atomic E-state index is 11.6. The van der Waals surface area contributed by atoms with Gasteiger partial charge in [0, 0.05) is 18.1 Å². The van der Waals surface area contributed by atoms with E-state index in [1.165, 1.54) is 0 Å². The lowest BCUT2D eigenvalue weighted by atomic mass is 10.2. The second-order valence-electron chi connectivity index (χ2n) is 4.00. The molecule has 0 spiro atoms. The summed E-state index contributed by atoms with van der Waals surface area (Å²) in [5.74, 6) is -0.163. The van der Waals surface area contributed by atoms with Gasteiger partial charge in [0.05, 0.1) is 11.7 Å². The van der Waals surface area contributed by atoms with Gasteiger partial charge in [-0.3, -0.25) is 4.79 Å². The molecular weight excluding hydrogens is 228 g/mol. The Bertz CT molecular complexity index is 504. The molecule has 1 heterocycles. The first-order valence-corrected chi connectivity index (χ1v) is 5.87. The van der Waals surface area contributed by atoms with Crippen molar-refractivity contribution >= 4 is 11.6 Å². The molecule has 2 aromatic rings. The molecular formula is C13H16N4O. The number of aromatic nitrogens is 2. The molecule has 5 nitrogen and oxygen atoms in total. The number of rotatable bonds is 4. The van der Waals surface area contributed by atoms with Crippen LogP contribution in [0.2, 0.25) is 0 Å². The summed E-state index contributed by atoms with van der Waals surface area (Å²) in [6.45, 7) is 1.88. The van der Waals surface area contributed by atoms with E-state index < -0.39 is 6.04 Å². The number of hydrogen-bond acceptors (Lipinski definition) is 3. The minimum atomic E-state index is -0.462. The number of nitrogens with one attached hydrogen (secondary N) is 1. The minimum Gasteiger partial charge on any atom is -0.325 e. The summed E-state index contributed by atoms with van der Waals surface area (Å²) in [6, 6.07) is 8.83. The lowest BCUT2D eigenvalue weighted by molar-refractivity contribution is -0.117. The maximum atomic E-state index is 11.6. The second kappa shape index (κ2) is 5.46. The maximum Gasteiger partial charge on any atom is 0.241 e. The lowest BCUT2D eigenvalue weighted by Crippen LogP contribution is -2.34. The van der Waals surface area contributed by atoms with Crippen LogP contribution in [0.15, 0.2) is 42.7 Å². The van der Waals surface area contributed by atoms with E-state index in [-0.39, 0.29) is 5.91 Å². The Labute approximate surface area is 106 Å². The van der Waals surface area contributed by atoms with Crippen LogP contribution in [0.4, 0.5) is 5.69 Å². The van der Waals surface area contributed by atoms with Crippen molar-refractivity contribution in [2.75, 3.05) is 5.32 Å². The van der Waals surface area contributed by atoms with E-state index in [9.17, 15) is 4.79 Å². The summed E-state index contributed by atoms with van der Waals surface area (Å²) in [6.07, 6.45) is 4.20. The summed E-state index contributed by atoms with van der Waals surface area (Å²) in [4.78, 5) is 11.6. The van der Waals surface area contributed by atoms with Crippen LogP contribution in [0.1, 0.15) is 13.3 Å². The summed E-state index contributed by atoms with van der Waals surface area (Å²) in [7, 11) is 0. The average Bonchev–Trinajstić information content (AvgIpc) is 2.92. The van der Waals surface area contributed by atoms with Crippen molar-refractivity contribution in [2.24, 2.45) is 5.73 Å². The predicted molar refractivity (Wildman–Crippen MR) is 70.5 cm³/mol. The van der Waals surface area contributed by atoms with Crippen molar-refractivity contribution < 1.29 is 4.79 Å². The molecule has 1 aromatic heterocycles. The molecule has 0 bridgehead atoms. The molecule has 18 heavy (non-hydrogen) atoms. The minimum absolute atomic E-state index is 0.163. The predicted octanol–water partition coefficient (Wildman–Crippen LogP) is 1.55. The topological polar surface area (TPSA) is 72.9 Å². The molecule has 5 heteroatoms. The highest BCUT2D eigenvalue weighted by atomic mass is 16.2. The number of amides is 1. The Morgan fingerprint density at radius 2 is 2.17 bits per heavy atom. The quantitative estimate of drug-likeness (QED) is 0.857. The monoisotopic (exact) mass is 244 g/mol. The number of hydrogen-bond donors (Lipinski definition) is 2.